The maximum atomic E-state index is 11.9. The van der Waals surface area contributed by atoms with Gasteiger partial charge in [0.15, 0.2) is 0 Å². The van der Waals surface area contributed by atoms with Crippen LogP contribution in [0.15, 0.2) is 24.3 Å². The summed E-state index contributed by atoms with van der Waals surface area (Å²) in [5.74, 6) is 0. The first kappa shape index (κ1) is 16.4. The van der Waals surface area contributed by atoms with E-state index in [1.165, 1.54) is 0 Å². The Labute approximate surface area is 124 Å². The second-order valence-electron chi connectivity index (χ2n) is 4.12. The Hall–Kier alpha value is -0.690. The van der Waals surface area contributed by atoms with E-state index in [0.717, 1.165) is 5.56 Å². The Morgan fingerprint density at radius 1 is 1.42 bits per heavy atom. The molecule has 0 heterocycles. The van der Waals surface area contributed by atoms with Crippen LogP contribution in [0.3, 0.4) is 0 Å². The highest BCUT2D eigenvalue weighted by Crippen LogP contribution is 2.10. The first-order valence-corrected chi connectivity index (χ1v) is 8.22. The van der Waals surface area contributed by atoms with Gasteiger partial charge in [-0.25, -0.2) is 13.1 Å². The molecule has 1 atom stereocenters. The highest BCUT2D eigenvalue weighted by atomic mass is 35.5. The Kier molecular flexibility index (Phi) is 6.19. The van der Waals surface area contributed by atoms with E-state index in [9.17, 15) is 8.42 Å². The van der Waals surface area contributed by atoms with E-state index in [4.69, 9.17) is 29.6 Å². The summed E-state index contributed by atoms with van der Waals surface area (Å²) in [6, 6.07) is 7.27. The van der Waals surface area contributed by atoms with Crippen LogP contribution in [0.1, 0.15) is 18.9 Å². The largest absolute Gasteiger partial charge is 0.392 e. The van der Waals surface area contributed by atoms with E-state index in [1.54, 1.807) is 19.1 Å². The van der Waals surface area contributed by atoms with Gasteiger partial charge in [-0.05, 0) is 30.5 Å². The molecule has 7 heteroatoms. The minimum Gasteiger partial charge on any atom is -0.392 e. The summed E-state index contributed by atoms with van der Waals surface area (Å²) in [5, 5.41) is -0.156. The average molecular weight is 321 g/mol. The SMILES string of the molecule is CCC(C(N)=S)S(=O)(=O)NCCc1ccc(Cl)cc1. The van der Waals surface area contributed by atoms with E-state index in [2.05, 4.69) is 4.72 Å². The van der Waals surface area contributed by atoms with Gasteiger partial charge in [-0.15, -0.1) is 0 Å². The van der Waals surface area contributed by atoms with Gasteiger partial charge >= 0.3 is 0 Å². The molecule has 0 saturated carbocycles. The van der Waals surface area contributed by atoms with Crippen LogP contribution in [0, 0.1) is 0 Å². The second-order valence-corrected chi connectivity index (χ2v) is 6.97. The minimum absolute atomic E-state index is 0.00138. The van der Waals surface area contributed by atoms with Crippen molar-refractivity contribution in [2.24, 2.45) is 5.73 Å². The lowest BCUT2D eigenvalue weighted by molar-refractivity contribution is 0.574. The molecule has 19 heavy (non-hydrogen) atoms. The molecule has 0 aromatic heterocycles. The maximum absolute atomic E-state index is 11.9. The summed E-state index contributed by atoms with van der Waals surface area (Å²) in [7, 11) is -3.49. The second kappa shape index (κ2) is 7.19. The molecule has 1 aromatic carbocycles. The van der Waals surface area contributed by atoms with Crippen molar-refractivity contribution in [1.82, 2.24) is 4.72 Å². The zero-order chi connectivity index (χ0) is 14.5. The maximum Gasteiger partial charge on any atom is 0.221 e. The smallest absolute Gasteiger partial charge is 0.221 e. The number of sulfonamides is 1. The fraction of sp³-hybridized carbons (Fsp3) is 0.417. The van der Waals surface area contributed by atoms with Crippen LogP contribution in [-0.2, 0) is 16.4 Å². The number of hydrogen-bond donors (Lipinski definition) is 2. The first-order valence-electron chi connectivity index (χ1n) is 5.89. The van der Waals surface area contributed by atoms with Crippen LogP contribution in [0.4, 0.5) is 0 Å². The Bertz CT molecular complexity index is 529. The molecule has 1 unspecified atom stereocenters. The standard InChI is InChI=1S/C12H17ClN2O2S2/c1-2-11(12(14)18)19(16,17)15-8-7-9-3-5-10(13)6-4-9/h3-6,11,15H,2,7-8H2,1H3,(H2,14,18). The van der Waals surface area contributed by atoms with Crippen molar-refractivity contribution in [2.75, 3.05) is 6.54 Å². The zero-order valence-corrected chi connectivity index (χ0v) is 13.0. The third-order valence-electron chi connectivity index (χ3n) is 2.69. The molecule has 1 aromatic rings. The molecule has 4 nitrogen and oxygen atoms in total. The molecule has 106 valence electrons. The van der Waals surface area contributed by atoms with Gasteiger partial charge in [0.25, 0.3) is 0 Å². The van der Waals surface area contributed by atoms with Crippen LogP contribution in [0.2, 0.25) is 5.02 Å². The number of benzene rings is 1. The van der Waals surface area contributed by atoms with E-state index >= 15 is 0 Å². The van der Waals surface area contributed by atoms with E-state index in [1.807, 2.05) is 12.1 Å². The van der Waals surface area contributed by atoms with Gasteiger partial charge in [-0.3, -0.25) is 0 Å². The molecule has 0 saturated heterocycles. The fourth-order valence-corrected chi connectivity index (χ4v) is 3.67. The summed E-state index contributed by atoms with van der Waals surface area (Å²) in [5.41, 5.74) is 6.44. The number of halogens is 1. The monoisotopic (exact) mass is 320 g/mol. The summed E-state index contributed by atoms with van der Waals surface area (Å²) in [4.78, 5) is 0.00138. The fourth-order valence-electron chi connectivity index (χ4n) is 1.66. The summed E-state index contributed by atoms with van der Waals surface area (Å²) >= 11 is 10.5. The first-order chi connectivity index (χ1) is 8.86. The Morgan fingerprint density at radius 2 is 2.00 bits per heavy atom. The van der Waals surface area contributed by atoms with Crippen LogP contribution in [0.5, 0.6) is 0 Å². The van der Waals surface area contributed by atoms with Crippen LogP contribution in [-0.4, -0.2) is 25.2 Å². The van der Waals surface area contributed by atoms with E-state index in [0.29, 0.717) is 24.4 Å². The average Bonchev–Trinajstić information content (AvgIpc) is 2.31. The Balaban J connectivity index is 2.56. The molecule has 0 aliphatic heterocycles. The molecule has 0 aliphatic carbocycles. The van der Waals surface area contributed by atoms with Crippen molar-refractivity contribution in [2.45, 2.75) is 25.0 Å². The number of rotatable bonds is 7. The molecule has 0 fully saturated rings. The van der Waals surface area contributed by atoms with Crippen molar-refractivity contribution < 1.29 is 8.42 Å². The summed E-state index contributed by atoms with van der Waals surface area (Å²) < 4.78 is 26.4. The van der Waals surface area contributed by atoms with E-state index in [-0.39, 0.29) is 4.99 Å². The third kappa shape index (κ3) is 5.06. The predicted octanol–water partition coefficient (Wildman–Crippen LogP) is 1.87. The van der Waals surface area contributed by atoms with Crippen molar-refractivity contribution in [3.8, 4) is 0 Å². The molecule has 1 rings (SSSR count). The molecule has 0 radical (unpaired) electrons. The predicted molar refractivity (Wildman–Crippen MR) is 82.9 cm³/mol. The lowest BCUT2D eigenvalue weighted by Gasteiger charge is -2.15. The Morgan fingerprint density at radius 3 is 2.47 bits per heavy atom. The molecule has 0 bridgehead atoms. The summed E-state index contributed by atoms with van der Waals surface area (Å²) in [6.07, 6.45) is 0.954. The van der Waals surface area contributed by atoms with Crippen LogP contribution < -0.4 is 10.5 Å². The molecule has 3 N–H and O–H groups in total. The van der Waals surface area contributed by atoms with Gasteiger partial charge < -0.3 is 5.73 Å². The van der Waals surface area contributed by atoms with Crippen molar-refractivity contribution in [3.05, 3.63) is 34.9 Å². The van der Waals surface area contributed by atoms with Crippen LogP contribution >= 0.6 is 23.8 Å². The van der Waals surface area contributed by atoms with Gasteiger partial charge in [-0.2, -0.15) is 0 Å². The van der Waals surface area contributed by atoms with Crippen molar-refractivity contribution in [1.29, 1.82) is 0 Å². The van der Waals surface area contributed by atoms with Gasteiger partial charge in [0.05, 0.1) is 4.99 Å². The molecule has 0 spiro atoms. The highest BCUT2D eigenvalue weighted by Gasteiger charge is 2.25. The number of nitrogens with one attached hydrogen (secondary N) is 1. The molecular weight excluding hydrogens is 304 g/mol. The molecule has 0 amide bonds. The van der Waals surface area contributed by atoms with Crippen molar-refractivity contribution >= 4 is 38.8 Å². The van der Waals surface area contributed by atoms with E-state index < -0.39 is 15.3 Å². The lowest BCUT2D eigenvalue weighted by atomic mass is 10.2. The van der Waals surface area contributed by atoms with Gasteiger partial charge in [0.1, 0.15) is 5.25 Å². The van der Waals surface area contributed by atoms with Crippen molar-refractivity contribution in [3.63, 3.8) is 0 Å². The zero-order valence-electron chi connectivity index (χ0n) is 10.6. The number of thiocarbonyl (C=S) groups is 1. The lowest BCUT2D eigenvalue weighted by Crippen LogP contribution is -2.42. The van der Waals surface area contributed by atoms with Crippen LogP contribution in [0.25, 0.3) is 0 Å². The number of hydrogen-bond acceptors (Lipinski definition) is 3. The number of nitrogens with two attached hydrogens (primary N) is 1. The normalized spacial score (nSPS) is 13.2. The highest BCUT2D eigenvalue weighted by molar-refractivity contribution is 7.93. The summed E-state index contributed by atoms with van der Waals surface area (Å²) in [6.45, 7) is 2.05. The van der Waals surface area contributed by atoms with Gasteiger partial charge in [-0.1, -0.05) is 42.9 Å². The van der Waals surface area contributed by atoms with Gasteiger partial charge in [0, 0.05) is 11.6 Å². The topological polar surface area (TPSA) is 72.2 Å². The molecular formula is C12H17ClN2O2S2. The third-order valence-corrected chi connectivity index (χ3v) is 5.32. The quantitative estimate of drug-likeness (QED) is 0.752. The van der Waals surface area contributed by atoms with Gasteiger partial charge in [0.2, 0.25) is 10.0 Å². The molecule has 0 aliphatic rings. The minimum atomic E-state index is -3.49.